The van der Waals surface area contributed by atoms with E-state index in [1.54, 1.807) is 18.5 Å². The maximum Gasteiger partial charge on any atom is 0.322 e. The van der Waals surface area contributed by atoms with Crippen molar-refractivity contribution >= 4 is 28.3 Å². The minimum Gasteiger partial charge on any atom is -0.421 e. The van der Waals surface area contributed by atoms with E-state index in [1.165, 1.54) is 12.1 Å². The minimum absolute atomic E-state index is 0.0513. The van der Waals surface area contributed by atoms with E-state index in [2.05, 4.69) is 32.6 Å². The molecule has 0 unspecified atom stereocenters. The number of hydrogen-bond acceptors (Lipinski definition) is 4. The Bertz CT molecular complexity index is 504. The zero-order chi connectivity index (χ0) is 11.5. The molecule has 16 heavy (non-hydrogen) atoms. The summed E-state index contributed by atoms with van der Waals surface area (Å²) in [6.07, 6.45) is 3.16. The molecule has 0 saturated carbocycles. The number of hydrogen-bond donors (Lipinski definition) is 1. The SMILES string of the molecule is Nc1ccc(Oc2ncc(I)cn2)c(F)c1. The zero-order valence-corrected chi connectivity index (χ0v) is 10.2. The summed E-state index contributed by atoms with van der Waals surface area (Å²) < 4.78 is 19.4. The first-order valence-electron chi connectivity index (χ1n) is 4.35. The Morgan fingerprint density at radius 2 is 1.94 bits per heavy atom. The lowest BCUT2D eigenvalue weighted by Crippen LogP contribution is -1.95. The molecule has 0 aliphatic rings. The number of rotatable bonds is 2. The predicted molar refractivity (Wildman–Crippen MR) is 65.6 cm³/mol. The van der Waals surface area contributed by atoms with E-state index in [9.17, 15) is 4.39 Å². The maximum atomic E-state index is 13.4. The number of nitrogens with zero attached hydrogens (tertiary/aromatic N) is 2. The molecular formula is C10H7FIN3O. The van der Waals surface area contributed by atoms with Crippen LogP contribution < -0.4 is 10.5 Å². The Hall–Kier alpha value is -1.44. The summed E-state index contributed by atoms with van der Waals surface area (Å²) in [5.41, 5.74) is 5.75. The molecule has 0 aliphatic carbocycles. The standard InChI is InChI=1S/C10H7FIN3O/c11-8-3-7(13)1-2-9(8)16-10-14-4-6(12)5-15-10/h1-5H,13H2. The highest BCUT2D eigenvalue weighted by atomic mass is 127. The number of halogens is 2. The maximum absolute atomic E-state index is 13.4. The van der Waals surface area contributed by atoms with E-state index in [4.69, 9.17) is 10.5 Å². The summed E-state index contributed by atoms with van der Waals surface area (Å²) in [6, 6.07) is 4.27. The summed E-state index contributed by atoms with van der Waals surface area (Å²) >= 11 is 2.07. The van der Waals surface area contributed by atoms with Crippen molar-refractivity contribution in [3.8, 4) is 11.8 Å². The molecule has 82 valence electrons. The summed E-state index contributed by atoms with van der Waals surface area (Å²) in [6.45, 7) is 0. The summed E-state index contributed by atoms with van der Waals surface area (Å²) in [5, 5.41) is 0. The fourth-order valence-corrected chi connectivity index (χ4v) is 1.33. The second-order valence-corrected chi connectivity index (χ2v) is 4.22. The van der Waals surface area contributed by atoms with Crippen molar-refractivity contribution in [3.05, 3.63) is 40.0 Å². The molecule has 1 heterocycles. The van der Waals surface area contributed by atoms with Crippen LogP contribution in [-0.4, -0.2) is 9.97 Å². The highest BCUT2D eigenvalue weighted by Gasteiger charge is 2.06. The number of ether oxygens (including phenoxy) is 1. The van der Waals surface area contributed by atoms with Gasteiger partial charge in [-0.2, -0.15) is 0 Å². The number of anilines is 1. The van der Waals surface area contributed by atoms with E-state index in [0.29, 0.717) is 5.69 Å². The molecule has 0 saturated heterocycles. The fraction of sp³-hybridized carbons (Fsp3) is 0. The van der Waals surface area contributed by atoms with Crippen molar-refractivity contribution in [2.75, 3.05) is 5.73 Å². The average molecular weight is 331 g/mol. The van der Waals surface area contributed by atoms with Crippen molar-refractivity contribution < 1.29 is 9.13 Å². The van der Waals surface area contributed by atoms with Crippen molar-refractivity contribution in [2.45, 2.75) is 0 Å². The number of nitrogens with two attached hydrogens (primary N) is 1. The van der Waals surface area contributed by atoms with Crippen LogP contribution in [0.5, 0.6) is 11.8 Å². The summed E-state index contributed by atoms with van der Waals surface area (Å²) in [4.78, 5) is 7.80. The molecular weight excluding hydrogens is 324 g/mol. The van der Waals surface area contributed by atoms with Gasteiger partial charge in [0.25, 0.3) is 0 Å². The van der Waals surface area contributed by atoms with Gasteiger partial charge in [-0.25, -0.2) is 14.4 Å². The Balaban J connectivity index is 2.23. The van der Waals surface area contributed by atoms with Crippen LogP contribution in [-0.2, 0) is 0 Å². The zero-order valence-electron chi connectivity index (χ0n) is 8.02. The molecule has 2 aromatic rings. The Morgan fingerprint density at radius 3 is 2.56 bits per heavy atom. The molecule has 1 aromatic carbocycles. The van der Waals surface area contributed by atoms with Crippen LogP contribution in [0.25, 0.3) is 0 Å². The molecule has 0 atom stereocenters. The molecule has 0 fully saturated rings. The molecule has 0 radical (unpaired) electrons. The molecule has 0 amide bonds. The lowest BCUT2D eigenvalue weighted by Gasteiger charge is -2.04. The van der Waals surface area contributed by atoms with Gasteiger partial charge in [-0.3, -0.25) is 0 Å². The highest BCUT2D eigenvalue weighted by molar-refractivity contribution is 14.1. The molecule has 6 heteroatoms. The monoisotopic (exact) mass is 331 g/mol. The van der Waals surface area contributed by atoms with E-state index >= 15 is 0 Å². The highest BCUT2D eigenvalue weighted by Crippen LogP contribution is 2.23. The van der Waals surface area contributed by atoms with Gasteiger partial charge in [0.15, 0.2) is 11.6 Å². The molecule has 2 N–H and O–H groups in total. The van der Waals surface area contributed by atoms with Crippen LogP contribution in [0.3, 0.4) is 0 Å². The van der Waals surface area contributed by atoms with Crippen LogP contribution in [0.1, 0.15) is 0 Å². The normalized spacial score (nSPS) is 10.1. The second-order valence-electron chi connectivity index (χ2n) is 2.98. The van der Waals surface area contributed by atoms with Gasteiger partial charge < -0.3 is 10.5 Å². The van der Waals surface area contributed by atoms with E-state index in [-0.39, 0.29) is 11.8 Å². The Labute approximate surface area is 105 Å². The smallest absolute Gasteiger partial charge is 0.322 e. The molecule has 4 nitrogen and oxygen atoms in total. The van der Waals surface area contributed by atoms with Gasteiger partial charge >= 0.3 is 6.01 Å². The molecule has 0 aliphatic heterocycles. The van der Waals surface area contributed by atoms with Gasteiger partial charge in [-0.15, -0.1) is 0 Å². The van der Waals surface area contributed by atoms with Gasteiger partial charge in [0.1, 0.15) is 0 Å². The van der Waals surface area contributed by atoms with E-state index in [1.807, 2.05) is 0 Å². The average Bonchev–Trinajstić information content (AvgIpc) is 2.25. The third kappa shape index (κ3) is 2.57. The first kappa shape index (κ1) is 11.1. The van der Waals surface area contributed by atoms with Crippen molar-refractivity contribution in [1.82, 2.24) is 9.97 Å². The lowest BCUT2D eigenvalue weighted by atomic mass is 10.3. The Kier molecular flexibility index (Phi) is 3.18. The van der Waals surface area contributed by atoms with Crippen LogP contribution in [0, 0.1) is 9.39 Å². The number of benzene rings is 1. The van der Waals surface area contributed by atoms with Crippen LogP contribution >= 0.6 is 22.6 Å². The third-order valence-electron chi connectivity index (χ3n) is 1.75. The van der Waals surface area contributed by atoms with Gasteiger partial charge in [0.05, 0.1) is 0 Å². The first-order chi connectivity index (χ1) is 7.65. The Morgan fingerprint density at radius 1 is 1.25 bits per heavy atom. The van der Waals surface area contributed by atoms with Gasteiger partial charge in [-0.1, -0.05) is 0 Å². The van der Waals surface area contributed by atoms with Gasteiger partial charge in [0.2, 0.25) is 0 Å². The molecule has 1 aromatic heterocycles. The largest absolute Gasteiger partial charge is 0.421 e. The fourth-order valence-electron chi connectivity index (χ4n) is 1.05. The summed E-state index contributed by atoms with van der Waals surface area (Å²) in [5.74, 6) is -0.488. The van der Waals surface area contributed by atoms with Crippen LogP contribution in [0.4, 0.5) is 10.1 Å². The predicted octanol–water partition coefficient (Wildman–Crippen LogP) is 2.59. The minimum atomic E-state index is -0.540. The molecule has 0 spiro atoms. The summed E-state index contributed by atoms with van der Waals surface area (Å²) in [7, 11) is 0. The first-order valence-corrected chi connectivity index (χ1v) is 5.43. The second kappa shape index (κ2) is 4.60. The molecule has 2 rings (SSSR count). The number of nitrogen functional groups attached to an aromatic ring is 1. The topological polar surface area (TPSA) is 61.0 Å². The van der Waals surface area contributed by atoms with E-state index in [0.717, 1.165) is 3.57 Å². The van der Waals surface area contributed by atoms with Crippen LogP contribution in [0.2, 0.25) is 0 Å². The van der Waals surface area contributed by atoms with Crippen molar-refractivity contribution in [2.24, 2.45) is 0 Å². The lowest BCUT2D eigenvalue weighted by molar-refractivity contribution is 0.411. The number of aromatic nitrogens is 2. The van der Waals surface area contributed by atoms with Gasteiger partial charge in [0, 0.05) is 27.7 Å². The third-order valence-corrected chi connectivity index (χ3v) is 2.31. The van der Waals surface area contributed by atoms with Crippen molar-refractivity contribution in [3.63, 3.8) is 0 Å². The van der Waals surface area contributed by atoms with E-state index < -0.39 is 5.82 Å². The van der Waals surface area contributed by atoms with Crippen LogP contribution in [0.15, 0.2) is 30.6 Å². The van der Waals surface area contributed by atoms with Gasteiger partial charge in [-0.05, 0) is 34.7 Å². The molecule has 0 bridgehead atoms. The van der Waals surface area contributed by atoms with Crippen molar-refractivity contribution in [1.29, 1.82) is 0 Å². The quantitative estimate of drug-likeness (QED) is 0.679.